The van der Waals surface area contributed by atoms with Crippen LogP contribution < -0.4 is 19.6 Å². The lowest BCUT2D eigenvalue weighted by atomic mass is 10.2. The maximum atomic E-state index is 12.3. The van der Waals surface area contributed by atoms with Crippen molar-refractivity contribution < 1.29 is 28.7 Å². The van der Waals surface area contributed by atoms with Gasteiger partial charge in [0.15, 0.2) is 12.4 Å². The molecule has 0 unspecified atom stereocenters. The Bertz CT molecular complexity index is 1180. The Morgan fingerprint density at radius 3 is 2.52 bits per heavy atom. The van der Waals surface area contributed by atoms with Gasteiger partial charge in [0.1, 0.15) is 11.5 Å². The van der Waals surface area contributed by atoms with Crippen LogP contribution in [0.1, 0.15) is 15.9 Å². The van der Waals surface area contributed by atoms with E-state index >= 15 is 0 Å². The fourth-order valence-corrected chi connectivity index (χ4v) is 2.64. The molecule has 0 atom stereocenters. The first-order valence-electron chi connectivity index (χ1n) is 9.60. The first-order chi connectivity index (χ1) is 16.0. The van der Waals surface area contributed by atoms with Gasteiger partial charge in [0.2, 0.25) is 0 Å². The van der Waals surface area contributed by atoms with Crippen LogP contribution in [0.3, 0.4) is 0 Å². The van der Waals surface area contributed by atoms with E-state index in [9.17, 15) is 19.7 Å². The van der Waals surface area contributed by atoms with Crippen LogP contribution >= 0.6 is 0 Å². The van der Waals surface area contributed by atoms with Crippen LogP contribution in [0, 0.1) is 10.1 Å². The highest BCUT2D eigenvalue weighted by Gasteiger charge is 2.14. The maximum absolute atomic E-state index is 12.3. The minimum Gasteiger partial charge on any atom is -0.497 e. The number of nitro groups is 1. The highest BCUT2D eigenvalue weighted by molar-refractivity contribution is 5.91. The molecule has 0 spiro atoms. The van der Waals surface area contributed by atoms with E-state index in [1.807, 2.05) is 0 Å². The SMILES string of the molecule is COc1ccc(C(=O)Oc2cccc(/C=N\NC(=O)COc3ccccc3[N+](=O)[O-])c2)cc1. The summed E-state index contributed by atoms with van der Waals surface area (Å²) in [7, 11) is 1.53. The number of methoxy groups -OCH3 is 1. The first-order valence-corrected chi connectivity index (χ1v) is 9.60. The molecular weight excluding hydrogens is 430 g/mol. The standard InChI is InChI=1S/C23H19N3O7/c1-31-18-11-9-17(10-12-18)23(28)33-19-6-4-5-16(13-19)14-24-25-22(27)15-32-21-8-3-2-7-20(21)26(29)30/h2-14H,15H2,1H3,(H,25,27)/b24-14-. The lowest BCUT2D eigenvalue weighted by molar-refractivity contribution is -0.385. The second kappa shape index (κ2) is 11.0. The minimum atomic E-state index is -0.605. The fraction of sp³-hybridized carbons (Fsp3) is 0.0870. The van der Waals surface area contributed by atoms with E-state index < -0.39 is 23.4 Å². The molecular formula is C23H19N3O7. The summed E-state index contributed by atoms with van der Waals surface area (Å²) in [6, 6.07) is 18.8. The number of hydrazone groups is 1. The lowest BCUT2D eigenvalue weighted by Gasteiger charge is -2.06. The number of ether oxygens (including phenoxy) is 3. The molecule has 3 rings (SSSR count). The summed E-state index contributed by atoms with van der Waals surface area (Å²) in [5.74, 6) is -0.239. The molecule has 0 aromatic heterocycles. The van der Waals surface area contributed by atoms with Crippen molar-refractivity contribution in [2.24, 2.45) is 5.10 Å². The van der Waals surface area contributed by atoms with Crippen molar-refractivity contribution >= 4 is 23.8 Å². The summed E-state index contributed by atoms with van der Waals surface area (Å²) in [4.78, 5) is 34.5. The van der Waals surface area contributed by atoms with Gasteiger partial charge in [-0.2, -0.15) is 5.10 Å². The van der Waals surface area contributed by atoms with Crippen LogP contribution in [-0.2, 0) is 4.79 Å². The van der Waals surface area contributed by atoms with E-state index in [2.05, 4.69) is 10.5 Å². The number of carbonyl (C=O) groups excluding carboxylic acids is 2. The predicted molar refractivity (Wildman–Crippen MR) is 119 cm³/mol. The average Bonchev–Trinajstić information content (AvgIpc) is 2.83. The summed E-state index contributed by atoms with van der Waals surface area (Å²) in [6.07, 6.45) is 1.35. The van der Waals surface area contributed by atoms with E-state index in [-0.39, 0.29) is 11.4 Å². The minimum absolute atomic E-state index is 0.0204. The second-order valence-corrected chi connectivity index (χ2v) is 6.50. The van der Waals surface area contributed by atoms with Crippen molar-refractivity contribution in [2.45, 2.75) is 0 Å². The number of nitrogens with zero attached hydrogens (tertiary/aromatic N) is 2. The molecule has 0 aliphatic heterocycles. The number of benzene rings is 3. The monoisotopic (exact) mass is 449 g/mol. The summed E-state index contributed by atoms with van der Waals surface area (Å²) < 4.78 is 15.6. The van der Waals surface area contributed by atoms with Crippen LogP contribution in [0.25, 0.3) is 0 Å². The smallest absolute Gasteiger partial charge is 0.343 e. The Morgan fingerprint density at radius 2 is 1.79 bits per heavy atom. The van der Waals surface area contributed by atoms with E-state index in [0.717, 1.165) is 0 Å². The molecule has 168 valence electrons. The van der Waals surface area contributed by atoms with Gasteiger partial charge < -0.3 is 14.2 Å². The zero-order valence-electron chi connectivity index (χ0n) is 17.5. The number of hydrogen-bond acceptors (Lipinski definition) is 8. The quantitative estimate of drug-likeness (QED) is 0.174. The molecule has 3 aromatic carbocycles. The normalized spacial score (nSPS) is 10.5. The van der Waals surface area contributed by atoms with Crippen LogP contribution in [-0.4, -0.2) is 36.7 Å². The number of carbonyl (C=O) groups is 2. The number of amides is 1. The van der Waals surface area contributed by atoms with Crippen molar-refractivity contribution in [3.05, 3.63) is 94.0 Å². The number of nitro benzene ring substituents is 1. The van der Waals surface area contributed by atoms with Crippen LogP contribution in [0.4, 0.5) is 5.69 Å². The van der Waals surface area contributed by atoms with Crippen LogP contribution in [0.2, 0.25) is 0 Å². The third-order valence-electron chi connectivity index (χ3n) is 4.22. The fourth-order valence-electron chi connectivity index (χ4n) is 2.64. The number of esters is 1. The lowest BCUT2D eigenvalue weighted by Crippen LogP contribution is -2.24. The third-order valence-corrected chi connectivity index (χ3v) is 4.22. The molecule has 1 N–H and O–H groups in total. The van der Waals surface area contributed by atoms with E-state index in [4.69, 9.17) is 14.2 Å². The zero-order valence-corrected chi connectivity index (χ0v) is 17.5. The molecule has 0 heterocycles. The van der Waals surface area contributed by atoms with Gasteiger partial charge in [-0.1, -0.05) is 24.3 Å². The van der Waals surface area contributed by atoms with Crippen molar-refractivity contribution in [1.82, 2.24) is 5.43 Å². The Labute approximate surface area is 188 Å². The number of rotatable bonds is 9. The highest BCUT2D eigenvalue weighted by Crippen LogP contribution is 2.25. The third kappa shape index (κ3) is 6.62. The largest absolute Gasteiger partial charge is 0.497 e. The molecule has 0 radical (unpaired) electrons. The molecule has 3 aromatic rings. The second-order valence-electron chi connectivity index (χ2n) is 6.50. The van der Waals surface area contributed by atoms with Crippen molar-refractivity contribution in [2.75, 3.05) is 13.7 Å². The van der Waals surface area contributed by atoms with E-state index in [0.29, 0.717) is 22.6 Å². The van der Waals surface area contributed by atoms with E-state index in [1.54, 1.807) is 54.6 Å². The zero-order chi connectivity index (χ0) is 23.6. The topological polar surface area (TPSA) is 129 Å². The van der Waals surface area contributed by atoms with Gasteiger partial charge in [-0.3, -0.25) is 14.9 Å². The Kier molecular flexibility index (Phi) is 7.68. The summed E-state index contributed by atoms with van der Waals surface area (Å²) in [6.45, 7) is -0.457. The van der Waals surface area contributed by atoms with Gasteiger partial charge in [-0.05, 0) is 48.0 Å². The van der Waals surface area contributed by atoms with Crippen molar-refractivity contribution in [1.29, 1.82) is 0 Å². The molecule has 1 amide bonds. The average molecular weight is 449 g/mol. The van der Waals surface area contributed by atoms with Crippen LogP contribution in [0.5, 0.6) is 17.2 Å². The number of hydrogen-bond donors (Lipinski definition) is 1. The first kappa shape index (κ1) is 22.9. The maximum Gasteiger partial charge on any atom is 0.343 e. The summed E-state index contributed by atoms with van der Waals surface area (Å²) >= 11 is 0. The van der Waals surface area contributed by atoms with Gasteiger partial charge in [0, 0.05) is 6.07 Å². The Hall–Kier alpha value is -4.73. The van der Waals surface area contributed by atoms with Gasteiger partial charge in [-0.25, -0.2) is 10.2 Å². The number of nitrogens with one attached hydrogen (secondary N) is 1. The Balaban J connectivity index is 1.53. The molecule has 0 saturated carbocycles. The summed E-state index contributed by atoms with van der Waals surface area (Å²) in [5.41, 5.74) is 2.95. The van der Waals surface area contributed by atoms with Gasteiger partial charge in [0.05, 0.1) is 23.8 Å². The molecule has 0 aliphatic carbocycles. The highest BCUT2D eigenvalue weighted by atomic mass is 16.6. The summed E-state index contributed by atoms with van der Waals surface area (Å²) in [5, 5.41) is 14.8. The van der Waals surface area contributed by atoms with Crippen molar-refractivity contribution in [3.8, 4) is 17.2 Å². The van der Waals surface area contributed by atoms with Gasteiger partial charge in [-0.15, -0.1) is 0 Å². The predicted octanol–water partition coefficient (Wildman–Crippen LogP) is 3.35. The molecule has 0 saturated heterocycles. The van der Waals surface area contributed by atoms with Crippen molar-refractivity contribution in [3.63, 3.8) is 0 Å². The molecule has 10 heteroatoms. The Morgan fingerprint density at radius 1 is 1.03 bits per heavy atom. The number of para-hydroxylation sites is 2. The van der Waals surface area contributed by atoms with Crippen LogP contribution in [0.15, 0.2) is 77.9 Å². The van der Waals surface area contributed by atoms with Gasteiger partial charge >= 0.3 is 11.7 Å². The van der Waals surface area contributed by atoms with E-state index in [1.165, 1.54) is 31.5 Å². The molecule has 0 fully saturated rings. The molecule has 33 heavy (non-hydrogen) atoms. The molecule has 0 bridgehead atoms. The molecule has 0 aliphatic rings. The van der Waals surface area contributed by atoms with Gasteiger partial charge in [0.25, 0.3) is 5.91 Å². The molecule has 10 nitrogen and oxygen atoms in total.